The maximum absolute atomic E-state index is 12.6. The summed E-state index contributed by atoms with van der Waals surface area (Å²) in [6.45, 7) is 6.78. The van der Waals surface area contributed by atoms with E-state index in [1.54, 1.807) is 38.2 Å². The summed E-state index contributed by atoms with van der Waals surface area (Å²) >= 11 is 0. The molecule has 2 fully saturated rings. The molecule has 2 saturated heterocycles. The number of nitrogens with two attached hydrogens (primary N) is 1. The second-order valence-corrected chi connectivity index (χ2v) is 17.8. The summed E-state index contributed by atoms with van der Waals surface area (Å²) in [5.41, 5.74) is 6.02. The van der Waals surface area contributed by atoms with Gasteiger partial charge in [-0.15, -0.1) is 0 Å². The molecule has 0 spiro atoms. The molecule has 0 aromatic rings. The highest BCUT2D eigenvalue weighted by Gasteiger charge is 2.51. The predicted octanol–water partition coefficient (Wildman–Crippen LogP) is 0.936. The van der Waals surface area contributed by atoms with E-state index in [4.69, 9.17) is 24.7 Å². The molecule has 3 rings (SSSR count). The van der Waals surface area contributed by atoms with Crippen LogP contribution in [0.1, 0.15) is 91.9 Å². The van der Waals surface area contributed by atoms with Crippen molar-refractivity contribution in [3.8, 4) is 0 Å². The van der Waals surface area contributed by atoms with Gasteiger partial charge in [0.15, 0.2) is 12.1 Å². The maximum Gasteiger partial charge on any atom is 0.311 e. The molecule has 0 aromatic heterocycles. The Morgan fingerprint density at radius 3 is 1.97 bits per heavy atom. The third-order valence-corrected chi connectivity index (χ3v) is 12.2. The first kappa shape index (κ1) is 56.1. The fourth-order valence-corrected chi connectivity index (χ4v) is 8.13. The number of allylic oxidation sites excluding steroid dienone is 10. The number of ether oxygens (including phenoxy) is 4. The Labute approximate surface area is 381 Å². The molecule has 3 aliphatic heterocycles. The van der Waals surface area contributed by atoms with Crippen LogP contribution in [0, 0.1) is 17.8 Å². The standard InChI is InChI=1S/C47H75NO17/c1-27-17-15-13-11-9-7-5-6-8-10-12-14-16-18-34(64-46-44(58)41(48)43(57)30(4)63-46)24-38-40(45(59)60)37(54)26-47(61,65-38)25-33(51)22-36(53)35(52)20-19-31(49)21-32(50)23-39(55)62-29(3)28(2)42(27)56/h5-6,8,10-18,27-38,40-44,46,49-54,56-58,61H,7,9,19-26,48H2,1-4H3,(H,59,60)/b6-5+,10-8+,13-11+,14-12+,17-15+,18-16+/t27-,28-,29-,30+,31+,32+,33-,34-,35+,36+,37-,38?,40+,41-,42+,43+,44-,46-,47+/m0/s1. The van der Waals surface area contributed by atoms with Gasteiger partial charge in [-0.05, 0) is 46.0 Å². The lowest BCUT2D eigenvalue weighted by Gasteiger charge is -2.45. The van der Waals surface area contributed by atoms with Gasteiger partial charge in [-0.2, -0.15) is 0 Å². The highest BCUT2D eigenvalue weighted by atomic mass is 16.7. The minimum atomic E-state index is -2.32. The van der Waals surface area contributed by atoms with Gasteiger partial charge in [0.1, 0.15) is 18.1 Å². The van der Waals surface area contributed by atoms with Crippen LogP contribution in [0.5, 0.6) is 0 Å². The number of carbonyl (C=O) groups excluding carboxylic acids is 1. The van der Waals surface area contributed by atoms with Gasteiger partial charge in [-0.25, -0.2) is 0 Å². The Bertz CT molecular complexity index is 1620. The molecule has 65 heavy (non-hydrogen) atoms. The van der Waals surface area contributed by atoms with Crippen LogP contribution in [0.4, 0.5) is 0 Å². The first-order valence-electron chi connectivity index (χ1n) is 22.6. The normalized spacial score (nSPS) is 45.2. The van der Waals surface area contributed by atoms with E-state index in [0.29, 0.717) is 0 Å². The summed E-state index contributed by atoms with van der Waals surface area (Å²) in [6.07, 6.45) is 2.26. The van der Waals surface area contributed by atoms with Gasteiger partial charge < -0.3 is 80.9 Å². The van der Waals surface area contributed by atoms with Gasteiger partial charge in [-0.3, -0.25) is 9.59 Å². The first-order valence-corrected chi connectivity index (χ1v) is 22.6. The number of esters is 1. The fraction of sp³-hybridized carbons (Fsp3) is 0.702. The molecule has 19 atom stereocenters. The molecule has 0 aliphatic carbocycles. The number of carboxylic acids is 1. The van der Waals surface area contributed by atoms with E-state index in [-0.39, 0.29) is 31.6 Å². The van der Waals surface area contributed by atoms with E-state index in [9.17, 15) is 65.8 Å². The van der Waals surface area contributed by atoms with Crippen molar-refractivity contribution in [2.45, 2.75) is 189 Å². The van der Waals surface area contributed by atoms with Crippen LogP contribution in [0.2, 0.25) is 0 Å². The number of aliphatic hydroxyl groups is 10. The Morgan fingerprint density at radius 1 is 0.692 bits per heavy atom. The SMILES string of the molecule is C[C@@H]1[C@H](O)[C@@H](C)/C=C/C=C/CC/C=C/C=C/C=C/C=C/[C@H](O[C@@H]2O[C@H](C)[C@@H](O)[C@H](N)[C@@H]2O)CC2O[C@](O)(C[C@@H](O)C[C@@H](O)[C@H](O)CC[C@@H](O)C[C@@H](O)CC(=O)O[C@H]1C)C[C@H](O)[C@H]2C(=O)O. The number of hydrogen-bond acceptors (Lipinski definition) is 17. The molecule has 370 valence electrons. The first-order chi connectivity index (χ1) is 30.6. The Morgan fingerprint density at radius 2 is 1.31 bits per heavy atom. The lowest BCUT2D eigenvalue weighted by molar-refractivity contribution is -0.308. The van der Waals surface area contributed by atoms with Crippen molar-refractivity contribution in [2.24, 2.45) is 23.5 Å². The molecule has 18 nitrogen and oxygen atoms in total. The summed E-state index contributed by atoms with van der Waals surface area (Å²) in [7, 11) is 0. The van der Waals surface area contributed by atoms with E-state index in [2.05, 4.69) is 0 Å². The van der Waals surface area contributed by atoms with Gasteiger partial charge >= 0.3 is 11.9 Å². The van der Waals surface area contributed by atoms with Gasteiger partial charge in [0.25, 0.3) is 0 Å². The Kier molecular flexibility index (Phi) is 23.8. The van der Waals surface area contributed by atoms with Crippen LogP contribution in [0.15, 0.2) is 72.9 Å². The number of carbonyl (C=O) groups is 2. The minimum absolute atomic E-state index is 0.103. The van der Waals surface area contributed by atoms with Gasteiger partial charge in [0, 0.05) is 37.5 Å². The van der Waals surface area contributed by atoms with Crippen molar-refractivity contribution >= 4 is 11.9 Å². The monoisotopic (exact) mass is 926 g/mol. The van der Waals surface area contributed by atoms with Gasteiger partial charge in [0.2, 0.25) is 0 Å². The van der Waals surface area contributed by atoms with Gasteiger partial charge in [-0.1, -0.05) is 86.8 Å². The molecule has 0 amide bonds. The van der Waals surface area contributed by atoms with Crippen LogP contribution in [-0.2, 0) is 28.5 Å². The summed E-state index contributed by atoms with van der Waals surface area (Å²) in [5.74, 6) is -6.77. The molecule has 0 radical (unpaired) electrons. The van der Waals surface area contributed by atoms with Crippen molar-refractivity contribution in [3.05, 3.63) is 72.9 Å². The molecule has 3 aliphatic rings. The molecule has 3 heterocycles. The topological polar surface area (TPSA) is 320 Å². The minimum Gasteiger partial charge on any atom is -0.481 e. The van der Waals surface area contributed by atoms with E-state index >= 15 is 0 Å². The molecule has 13 N–H and O–H groups in total. The van der Waals surface area contributed by atoms with Crippen LogP contribution in [0.25, 0.3) is 0 Å². The number of aliphatic carboxylic acids is 1. The van der Waals surface area contributed by atoms with E-state index < -0.39 is 147 Å². The van der Waals surface area contributed by atoms with E-state index in [1.807, 2.05) is 49.5 Å². The number of hydrogen-bond donors (Lipinski definition) is 12. The predicted molar refractivity (Wildman–Crippen MR) is 237 cm³/mol. The molecular weight excluding hydrogens is 851 g/mol. The highest BCUT2D eigenvalue weighted by Crippen LogP contribution is 2.38. The van der Waals surface area contributed by atoms with Crippen molar-refractivity contribution in [1.82, 2.24) is 0 Å². The van der Waals surface area contributed by atoms with Crippen molar-refractivity contribution in [2.75, 3.05) is 0 Å². The van der Waals surface area contributed by atoms with Crippen LogP contribution in [-0.4, -0.2) is 166 Å². The Hall–Kier alpha value is -3.18. The molecule has 1 unspecified atom stereocenters. The number of rotatable bonds is 3. The lowest BCUT2D eigenvalue weighted by atomic mass is 9.82. The smallest absolute Gasteiger partial charge is 0.311 e. The van der Waals surface area contributed by atoms with E-state index in [1.165, 1.54) is 13.0 Å². The molecular formula is C47H75NO17. The third kappa shape index (κ3) is 18.8. The largest absolute Gasteiger partial charge is 0.481 e. The maximum atomic E-state index is 12.6. The zero-order chi connectivity index (χ0) is 48.4. The number of aliphatic hydroxyl groups excluding tert-OH is 9. The van der Waals surface area contributed by atoms with Gasteiger partial charge in [0.05, 0.1) is 79.6 Å². The third-order valence-electron chi connectivity index (χ3n) is 12.2. The van der Waals surface area contributed by atoms with Crippen LogP contribution >= 0.6 is 0 Å². The zero-order valence-corrected chi connectivity index (χ0v) is 37.8. The lowest BCUT2D eigenvalue weighted by Crippen LogP contribution is -2.61. The second-order valence-electron chi connectivity index (χ2n) is 17.8. The molecule has 0 aromatic carbocycles. The number of fused-ring (bicyclic) bond motifs is 2. The Balaban J connectivity index is 1.84. The fourth-order valence-electron chi connectivity index (χ4n) is 8.13. The second kappa shape index (κ2) is 27.6. The zero-order valence-electron chi connectivity index (χ0n) is 37.8. The van der Waals surface area contributed by atoms with Crippen LogP contribution in [0.3, 0.4) is 0 Å². The summed E-state index contributed by atoms with van der Waals surface area (Å²) < 4.78 is 23.2. The summed E-state index contributed by atoms with van der Waals surface area (Å²) in [5, 5.41) is 118. The molecule has 18 heteroatoms. The van der Waals surface area contributed by atoms with Crippen molar-refractivity contribution in [3.63, 3.8) is 0 Å². The van der Waals surface area contributed by atoms with Crippen molar-refractivity contribution in [1.29, 1.82) is 0 Å². The van der Waals surface area contributed by atoms with Crippen LogP contribution < -0.4 is 5.73 Å². The van der Waals surface area contributed by atoms with E-state index in [0.717, 1.165) is 12.8 Å². The summed E-state index contributed by atoms with van der Waals surface area (Å²) in [6, 6.07) is -1.14. The van der Waals surface area contributed by atoms with Crippen molar-refractivity contribution < 1.29 is 84.7 Å². The average molecular weight is 926 g/mol. The molecule has 0 saturated carbocycles. The molecule has 2 bridgehead atoms. The average Bonchev–Trinajstić information content (AvgIpc) is 3.21. The number of carboxylic acid groups (broad SMARTS) is 1. The highest BCUT2D eigenvalue weighted by molar-refractivity contribution is 5.71. The number of cyclic esters (lactones) is 1. The summed E-state index contributed by atoms with van der Waals surface area (Å²) in [4.78, 5) is 25.1. The quantitative estimate of drug-likeness (QED) is 0.175.